The van der Waals surface area contributed by atoms with Gasteiger partial charge in [-0.2, -0.15) is 5.10 Å². The minimum Gasteiger partial charge on any atom is -0.387 e. The van der Waals surface area contributed by atoms with E-state index in [1.165, 1.54) is 32.1 Å². The highest BCUT2D eigenvalue weighted by atomic mass is 16.5. The second-order valence-electron chi connectivity index (χ2n) is 12.2. The number of hydrogen-bond donors (Lipinski definition) is 1. The number of hydrogen-bond acceptors (Lipinski definition) is 5. The van der Waals surface area contributed by atoms with Gasteiger partial charge in [0.05, 0.1) is 30.1 Å². The number of ketones is 1. The van der Waals surface area contributed by atoms with Gasteiger partial charge in [-0.3, -0.25) is 14.5 Å². The average molecular weight is 466 g/mol. The molecule has 2 heterocycles. The zero-order valence-electron chi connectivity index (χ0n) is 20.7. The Kier molecular flexibility index (Phi) is 5.60. The topological polar surface area (TPSA) is 77.2 Å². The fourth-order valence-corrected chi connectivity index (χ4v) is 9.19. The first kappa shape index (κ1) is 22.7. The van der Waals surface area contributed by atoms with Crippen molar-refractivity contribution in [2.24, 2.45) is 40.9 Å². The molecule has 0 aliphatic heterocycles. The Morgan fingerprint density at radius 3 is 2.82 bits per heavy atom. The first-order valence-electron chi connectivity index (χ1n) is 13.4. The number of methoxy groups -OCH3 is 1. The van der Waals surface area contributed by atoms with Crippen molar-refractivity contribution in [3.05, 3.63) is 24.7 Å². The smallest absolute Gasteiger partial charge is 0.157 e. The third kappa shape index (κ3) is 3.55. The normalized spacial score (nSPS) is 41.6. The quantitative estimate of drug-likeness (QED) is 0.696. The third-order valence-electron chi connectivity index (χ3n) is 10.7. The van der Waals surface area contributed by atoms with Crippen LogP contribution in [0, 0.1) is 40.9 Å². The summed E-state index contributed by atoms with van der Waals surface area (Å²) >= 11 is 0. The number of rotatable bonds is 5. The van der Waals surface area contributed by atoms with Crippen LogP contribution in [-0.2, 0) is 16.1 Å². The summed E-state index contributed by atoms with van der Waals surface area (Å²) in [6.07, 6.45) is 15.5. The van der Waals surface area contributed by atoms with E-state index in [9.17, 15) is 9.90 Å². The maximum atomic E-state index is 13.6. The zero-order chi connectivity index (χ0) is 23.5. The van der Waals surface area contributed by atoms with Crippen LogP contribution < -0.4 is 0 Å². The molecule has 8 atom stereocenters. The van der Waals surface area contributed by atoms with Gasteiger partial charge in [-0.05, 0) is 98.9 Å². The second kappa shape index (κ2) is 8.41. The van der Waals surface area contributed by atoms with Gasteiger partial charge in [0.25, 0.3) is 0 Å². The monoisotopic (exact) mass is 465 g/mol. The van der Waals surface area contributed by atoms with Crippen LogP contribution >= 0.6 is 0 Å². The summed E-state index contributed by atoms with van der Waals surface area (Å²) in [5, 5.41) is 16.5. The van der Waals surface area contributed by atoms with E-state index >= 15 is 0 Å². The number of Topliss-reactive ketones (excluding diaryl/α,β-unsaturated/α-hetero) is 1. The Morgan fingerprint density at radius 1 is 1.12 bits per heavy atom. The van der Waals surface area contributed by atoms with Crippen molar-refractivity contribution in [1.82, 2.24) is 14.8 Å². The van der Waals surface area contributed by atoms with Gasteiger partial charge >= 0.3 is 0 Å². The minimum atomic E-state index is -0.622. The molecule has 4 fully saturated rings. The Labute approximate surface area is 202 Å². The SMILES string of the molecule is COCC1(O)CCC2C(CCC3C2CCC2(C)C(C(=O)Cn4ncc5ccncc54)CCC32)C1. The number of ether oxygens (including phenoxy) is 1. The first-order chi connectivity index (χ1) is 16.4. The Balaban J connectivity index is 1.17. The first-order valence-corrected chi connectivity index (χ1v) is 13.4. The predicted octanol–water partition coefficient (Wildman–Crippen LogP) is 4.65. The number of aliphatic hydroxyl groups is 1. The molecule has 0 spiro atoms. The Morgan fingerprint density at radius 2 is 1.97 bits per heavy atom. The van der Waals surface area contributed by atoms with Crippen LogP contribution in [0.15, 0.2) is 24.7 Å². The van der Waals surface area contributed by atoms with E-state index in [2.05, 4.69) is 17.0 Å². The molecular weight excluding hydrogens is 426 g/mol. The summed E-state index contributed by atoms with van der Waals surface area (Å²) in [7, 11) is 1.70. The van der Waals surface area contributed by atoms with E-state index in [1.54, 1.807) is 13.3 Å². The molecule has 4 aliphatic rings. The van der Waals surface area contributed by atoms with Crippen LogP contribution in [0.25, 0.3) is 10.9 Å². The van der Waals surface area contributed by atoms with Crippen molar-refractivity contribution in [3.63, 3.8) is 0 Å². The molecule has 0 aromatic carbocycles. The van der Waals surface area contributed by atoms with E-state index in [4.69, 9.17) is 4.74 Å². The minimum absolute atomic E-state index is 0.123. The van der Waals surface area contributed by atoms with E-state index in [1.807, 2.05) is 23.1 Å². The van der Waals surface area contributed by atoms with E-state index < -0.39 is 5.60 Å². The lowest BCUT2D eigenvalue weighted by Gasteiger charge is -2.57. The Bertz CT molecular complexity index is 1070. The van der Waals surface area contributed by atoms with Crippen molar-refractivity contribution in [3.8, 4) is 0 Å². The summed E-state index contributed by atoms with van der Waals surface area (Å²) < 4.78 is 7.19. The summed E-state index contributed by atoms with van der Waals surface area (Å²) in [5.74, 6) is 4.08. The summed E-state index contributed by atoms with van der Waals surface area (Å²) in [4.78, 5) is 17.8. The summed E-state index contributed by atoms with van der Waals surface area (Å²) in [6, 6.07) is 1.95. The summed E-state index contributed by atoms with van der Waals surface area (Å²) in [5.41, 5.74) is 0.448. The maximum absolute atomic E-state index is 13.6. The number of pyridine rings is 1. The van der Waals surface area contributed by atoms with Crippen LogP contribution in [0.2, 0.25) is 0 Å². The summed E-state index contributed by atoms with van der Waals surface area (Å²) in [6.45, 7) is 3.26. The van der Waals surface area contributed by atoms with Crippen molar-refractivity contribution in [2.75, 3.05) is 13.7 Å². The molecule has 184 valence electrons. The molecule has 2 aromatic rings. The molecule has 34 heavy (non-hydrogen) atoms. The number of aromatic nitrogens is 3. The molecule has 4 aliphatic carbocycles. The number of carbonyl (C=O) groups is 1. The van der Waals surface area contributed by atoms with Crippen molar-refractivity contribution in [2.45, 2.75) is 76.9 Å². The number of nitrogens with zero attached hydrogens (tertiary/aromatic N) is 3. The lowest BCUT2D eigenvalue weighted by atomic mass is 9.49. The highest BCUT2D eigenvalue weighted by Crippen LogP contribution is 2.64. The molecule has 1 N–H and O–H groups in total. The average Bonchev–Trinajstić information content (AvgIpc) is 3.39. The van der Waals surface area contributed by atoms with Gasteiger partial charge in [0.2, 0.25) is 0 Å². The van der Waals surface area contributed by atoms with Crippen LogP contribution in [0.4, 0.5) is 0 Å². The van der Waals surface area contributed by atoms with Gasteiger partial charge in [0.15, 0.2) is 5.78 Å². The lowest BCUT2D eigenvalue weighted by Crippen LogP contribution is -2.52. The molecule has 2 aromatic heterocycles. The predicted molar refractivity (Wildman–Crippen MR) is 130 cm³/mol. The van der Waals surface area contributed by atoms with Crippen LogP contribution in [0.5, 0.6) is 0 Å². The lowest BCUT2D eigenvalue weighted by molar-refractivity contribution is -0.136. The highest BCUT2D eigenvalue weighted by Gasteiger charge is 2.59. The molecule has 6 rings (SSSR count). The molecule has 8 unspecified atom stereocenters. The van der Waals surface area contributed by atoms with Crippen molar-refractivity contribution in [1.29, 1.82) is 0 Å². The fourth-order valence-electron chi connectivity index (χ4n) is 9.19. The van der Waals surface area contributed by atoms with Crippen LogP contribution in [0.1, 0.15) is 64.7 Å². The van der Waals surface area contributed by atoms with Gasteiger partial charge in [0, 0.05) is 24.6 Å². The van der Waals surface area contributed by atoms with Crippen LogP contribution in [-0.4, -0.2) is 45.0 Å². The van der Waals surface area contributed by atoms with Crippen molar-refractivity contribution < 1.29 is 14.6 Å². The third-order valence-corrected chi connectivity index (χ3v) is 10.7. The van der Waals surface area contributed by atoms with Gasteiger partial charge < -0.3 is 9.84 Å². The van der Waals surface area contributed by atoms with Gasteiger partial charge in [0.1, 0.15) is 6.54 Å². The number of fused-ring (bicyclic) bond motifs is 6. The van der Waals surface area contributed by atoms with E-state index in [0.717, 1.165) is 54.3 Å². The molecular formula is C28H39N3O3. The molecule has 6 heteroatoms. The standard InChI is InChI=1S/C28H39N3O3/c1-27-10-7-21-20-8-11-28(33,17-34-2)13-18(20)3-4-22(21)23(27)5-6-24(27)26(32)16-31-25-15-29-12-9-19(25)14-30-31/h9,12,14-15,18,20-24,33H,3-8,10-11,13,16-17H2,1-2H3. The Hall–Kier alpha value is -1.79. The van der Waals surface area contributed by atoms with Gasteiger partial charge in [-0.15, -0.1) is 0 Å². The van der Waals surface area contributed by atoms with Crippen molar-refractivity contribution >= 4 is 16.7 Å². The maximum Gasteiger partial charge on any atom is 0.157 e. The van der Waals surface area contributed by atoms with E-state index in [0.29, 0.717) is 30.8 Å². The molecule has 0 bridgehead atoms. The molecule has 4 saturated carbocycles. The fraction of sp³-hybridized carbons (Fsp3) is 0.750. The van der Waals surface area contributed by atoms with E-state index in [-0.39, 0.29) is 11.3 Å². The van der Waals surface area contributed by atoms with Crippen LogP contribution in [0.3, 0.4) is 0 Å². The van der Waals surface area contributed by atoms with Gasteiger partial charge in [-0.1, -0.05) is 6.92 Å². The largest absolute Gasteiger partial charge is 0.387 e. The highest BCUT2D eigenvalue weighted by molar-refractivity contribution is 5.84. The number of carbonyl (C=O) groups excluding carboxylic acids is 1. The molecule has 6 nitrogen and oxygen atoms in total. The second-order valence-corrected chi connectivity index (χ2v) is 12.2. The zero-order valence-corrected chi connectivity index (χ0v) is 20.7. The van der Waals surface area contributed by atoms with Gasteiger partial charge in [-0.25, -0.2) is 0 Å². The molecule has 0 saturated heterocycles. The molecule has 0 radical (unpaired) electrons. The molecule has 0 amide bonds.